The summed E-state index contributed by atoms with van der Waals surface area (Å²) in [5.74, 6) is 0.562. The number of carbonyl (C=O) groups excluding carboxylic acids is 2. The zero-order valence-electron chi connectivity index (χ0n) is 18.0. The molecule has 2 amide bonds. The summed E-state index contributed by atoms with van der Waals surface area (Å²) < 4.78 is 5.73. The SMILES string of the molecule is CCNC(=O)C(CC)N(Cc1ccccc1Cl)C(=O)CCCOc1ccc(C)cc1. The predicted molar refractivity (Wildman–Crippen MR) is 121 cm³/mol. The van der Waals surface area contributed by atoms with E-state index in [-0.39, 0.29) is 11.8 Å². The van der Waals surface area contributed by atoms with Gasteiger partial charge in [-0.2, -0.15) is 0 Å². The quantitative estimate of drug-likeness (QED) is 0.523. The summed E-state index contributed by atoms with van der Waals surface area (Å²) in [7, 11) is 0. The Balaban J connectivity index is 2.04. The summed E-state index contributed by atoms with van der Waals surface area (Å²) in [5.41, 5.74) is 2.00. The minimum Gasteiger partial charge on any atom is -0.494 e. The highest BCUT2D eigenvalue weighted by Crippen LogP contribution is 2.20. The first kappa shape index (κ1) is 23.7. The number of benzene rings is 2. The Morgan fingerprint density at radius 1 is 1.10 bits per heavy atom. The number of likely N-dealkylation sites (N-methyl/N-ethyl adjacent to an activating group) is 1. The maximum Gasteiger partial charge on any atom is 0.242 e. The molecule has 1 unspecified atom stereocenters. The molecule has 0 heterocycles. The number of nitrogens with one attached hydrogen (secondary N) is 1. The number of hydrogen-bond donors (Lipinski definition) is 1. The highest BCUT2D eigenvalue weighted by atomic mass is 35.5. The lowest BCUT2D eigenvalue weighted by Gasteiger charge is -2.31. The molecule has 0 bridgehead atoms. The van der Waals surface area contributed by atoms with E-state index in [1.807, 2.05) is 63.2 Å². The van der Waals surface area contributed by atoms with Crippen molar-refractivity contribution in [2.24, 2.45) is 0 Å². The molecule has 162 valence electrons. The third-order valence-corrected chi connectivity index (χ3v) is 5.23. The lowest BCUT2D eigenvalue weighted by Crippen LogP contribution is -2.49. The normalized spacial score (nSPS) is 11.6. The Morgan fingerprint density at radius 2 is 1.80 bits per heavy atom. The molecule has 0 radical (unpaired) electrons. The molecule has 0 saturated carbocycles. The second-order valence-corrected chi connectivity index (χ2v) is 7.60. The van der Waals surface area contributed by atoms with Gasteiger partial charge in [-0.3, -0.25) is 9.59 Å². The second kappa shape index (κ2) is 12.2. The van der Waals surface area contributed by atoms with Crippen molar-refractivity contribution >= 4 is 23.4 Å². The van der Waals surface area contributed by atoms with Crippen molar-refractivity contribution in [3.05, 3.63) is 64.7 Å². The fourth-order valence-electron chi connectivity index (χ4n) is 3.21. The van der Waals surface area contributed by atoms with Crippen LogP contribution in [0.15, 0.2) is 48.5 Å². The number of carbonyl (C=O) groups is 2. The third-order valence-electron chi connectivity index (χ3n) is 4.86. The van der Waals surface area contributed by atoms with Gasteiger partial charge in [0.05, 0.1) is 6.61 Å². The number of halogens is 1. The molecule has 2 aromatic rings. The number of ether oxygens (including phenoxy) is 1. The van der Waals surface area contributed by atoms with Crippen LogP contribution in [0.3, 0.4) is 0 Å². The molecule has 2 aromatic carbocycles. The molecule has 0 aromatic heterocycles. The summed E-state index contributed by atoms with van der Waals surface area (Å²) in [5, 5.41) is 3.42. The molecule has 0 aliphatic heterocycles. The Kier molecular flexibility index (Phi) is 9.68. The third kappa shape index (κ3) is 7.06. The van der Waals surface area contributed by atoms with Gasteiger partial charge in [-0.25, -0.2) is 0 Å². The summed E-state index contributed by atoms with van der Waals surface area (Å²) >= 11 is 6.31. The Morgan fingerprint density at radius 3 is 2.43 bits per heavy atom. The van der Waals surface area contributed by atoms with E-state index in [2.05, 4.69) is 5.32 Å². The van der Waals surface area contributed by atoms with Crippen LogP contribution in [-0.2, 0) is 16.1 Å². The van der Waals surface area contributed by atoms with Gasteiger partial charge in [0.25, 0.3) is 0 Å². The lowest BCUT2D eigenvalue weighted by molar-refractivity contribution is -0.141. The van der Waals surface area contributed by atoms with E-state index >= 15 is 0 Å². The zero-order chi connectivity index (χ0) is 21.9. The van der Waals surface area contributed by atoms with Crippen LogP contribution in [0.1, 0.15) is 44.2 Å². The van der Waals surface area contributed by atoms with Crippen LogP contribution in [0.2, 0.25) is 5.02 Å². The minimum atomic E-state index is -0.535. The molecule has 0 spiro atoms. The highest BCUT2D eigenvalue weighted by Gasteiger charge is 2.28. The van der Waals surface area contributed by atoms with Crippen molar-refractivity contribution in [1.29, 1.82) is 0 Å². The van der Waals surface area contributed by atoms with E-state index < -0.39 is 6.04 Å². The highest BCUT2D eigenvalue weighted by molar-refractivity contribution is 6.31. The van der Waals surface area contributed by atoms with Crippen molar-refractivity contribution < 1.29 is 14.3 Å². The van der Waals surface area contributed by atoms with Crippen LogP contribution in [0, 0.1) is 6.92 Å². The zero-order valence-corrected chi connectivity index (χ0v) is 18.7. The van der Waals surface area contributed by atoms with Gasteiger partial charge >= 0.3 is 0 Å². The minimum absolute atomic E-state index is 0.0828. The molecular weight excluding hydrogens is 400 g/mol. The summed E-state index contributed by atoms with van der Waals surface area (Å²) in [4.78, 5) is 27.3. The maximum absolute atomic E-state index is 13.1. The molecule has 0 aliphatic carbocycles. The fourth-order valence-corrected chi connectivity index (χ4v) is 3.41. The first-order valence-electron chi connectivity index (χ1n) is 10.5. The van der Waals surface area contributed by atoms with E-state index in [0.717, 1.165) is 11.3 Å². The van der Waals surface area contributed by atoms with Gasteiger partial charge in [0.2, 0.25) is 11.8 Å². The van der Waals surface area contributed by atoms with Gasteiger partial charge in [-0.05, 0) is 50.5 Å². The number of aryl methyl sites for hydroxylation is 1. The van der Waals surface area contributed by atoms with E-state index in [1.54, 1.807) is 11.0 Å². The molecule has 2 rings (SSSR count). The van der Waals surface area contributed by atoms with Crippen molar-refractivity contribution in [3.8, 4) is 5.75 Å². The smallest absolute Gasteiger partial charge is 0.242 e. The van der Waals surface area contributed by atoms with Crippen LogP contribution >= 0.6 is 11.6 Å². The van der Waals surface area contributed by atoms with Crippen LogP contribution in [-0.4, -0.2) is 35.9 Å². The van der Waals surface area contributed by atoms with Gasteiger partial charge < -0.3 is 15.0 Å². The van der Waals surface area contributed by atoms with Crippen molar-refractivity contribution in [2.45, 2.75) is 52.6 Å². The first-order valence-corrected chi connectivity index (χ1v) is 10.8. The predicted octanol–water partition coefficient (Wildman–Crippen LogP) is 4.75. The molecular formula is C24H31ClN2O3. The second-order valence-electron chi connectivity index (χ2n) is 7.20. The summed E-state index contributed by atoms with van der Waals surface area (Å²) in [6.45, 7) is 7.06. The van der Waals surface area contributed by atoms with Crippen LogP contribution < -0.4 is 10.1 Å². The molecule has 1 N–H and O–H groups in total. The van der Waals surface area contributed by atoms with Crippen molar-refractivity contribution in [1.82, 2.24) is 10.2 Å². The van der Waals surface area contributed by atoms with Crippen LogP contribution in [0.25, 0.3) is 0 Å². The number of hydrogen-bond acceptors (Lipinski definition) is 3. The van der Waals surface area contributed by atoms with E-state index in [1.165, 1.54) is 5.56 Å². The Labute approximate surface area is 184 Å². The van der Waals surface area contributed by atoms with Gasteiger partial charge in [0.1, 0.15) is 11.8 Å². The number of rotatable bonds is 11. The lowest BCUT2D eigenvalue weighted by atomic mass is 10.1. The topological polar surface area (TPSA) is 58.6 Å². The first-order chi connectivity index (χ1) is 14.5. The average molecular weight is 431 g/mol. The van der Waals surface area contributed by atoms with E-state index in [0.29, 0.717) is 44.0 Å². The summed E-state index contributed by atoms with van der Waals surface area (Å²) in [6, 6.07) is 14.7. The van der Waals surface area contributed by atoms with Gasteiger partial charge in [-0.15, -0.1) is 0 Å². The van der Waals surface area contributed by atoms with Crippen molar-refractivity contribution in [2.75, 3.05) is 13.2 Å². The number of nitrogens with zero attached hydrogens (tertiary/aromatic N) is 1. The Hall–Kier alpha value is -2.53. The van der Waals surface area contributed by atoms with E-state index in [9.17, 15) is 9.59 Å². The monoisotopic (exact) mass is 430 g/mol. The van der Waals surface area contributed by atoms with Crippen LogP contribution in [0.5, 0.6) is 5.75 Å². The molecule has 30 heavy (non-hydrogen) atoms. The number of amides is 2. The molecule has 0 saturated heterocycles. The van der Waals surface area contributed by atoms with E-state index in [4.69, 9.17) is 16.3 Å². The molecule has 6 heteroatoms. The largest absolute Gasteiger partial charge is 0.494 e. The Bertz CT molecular complexity index is 823. The molecule has 0 aliphatic rings. The maximum atomic E-state index is 13.1. The molecule has 1 atom stereocenters. The van der Waals surface area contributed by atoms with Crippen LogP contribution in [0.4, 0.5) is 0 Å². The average Bonchev–Trinajstić information content (AvgIpc) is 2.73. The van der Waals surface area contributed by atoms with Crippen molar-refractivity contribution in [3.63, 3.8) is 0 Å². The van der Waals surface area contributed by atoms with Gasteiger partial charge in [0.15, 0.2) is 0 Å². The standard InChI is InChI=1S/C24H31ClN2O3/c1-4-22(24(29)26-5-2)27(17-19-9-6-7-10-21(19)25)23(28)11-8-16-30-20-14-12-18(3)13-15-20/h6-7,9-10,12-15,22H,4-5,8,11,16-17H2,1-3H3,(H,26,29). The summed E-state index contributed by atoms with van der Waals surface area (Å²) in [6.07, 6.45) is 1.39. The van der Waals surface area contributed by atoms with Gasteiger partial charge in [-0.1, -0.05) is 54.4 Å². The molecule has 5 nitrogen and oxygen atoms in total. The molecule has 0 fully saturated rings. The fraction of sp³-hybridized carbons (Fsp3) is 0.417. The van der Waals surface area contributed by atoms with Gasteiger partial charge in [0, 0.05) is 24.5 Å².